The molecule has 0 aliphatic carbocycles. The summed E-state index contributed by atoms with van der Waals surface area (Å²) in [7, 11) is 0. The van der Waals surface area contributed by atoms with Gasteiger partial charge in [0.1, 0.15) is 0 Å². The van der Waals surface area contributed by atoms with E-state index < -0.39 is 0 Å². The van der Waals surface area contributed by atoms with E-state index in [9.17, 15) is 4.79 Å². The van der Waals surface area contributed by atoms with Gasteiger partial charge in [-0.25, -0.2) is 0 Å². The van der Waals surface area contributed by atoms with Crippen molar-refractivity contribution in [3.05, 3.63) is 70.8 Å². The highest BCUT2D eigenvalue weighted by atomic mass is 16.1. The quantitative estimate of drug-likeness (QED) is 0.550. The summed E-state index contributed by atoms with van der Waals surface area (Å²) in [4.78, 5) is 15.0. The molecule has 1 aliphatic rings. The number of hydrogen-bond donors (Lipinski definition) is 1. The molecule has 0 unspecified atom stereocenters. The maximum absolute atomic E-state index is 12.5. The summed E-state index contributed by atoms with van der Waals surface area (Å²) in [5.41, 5.74) is 7.35. The topological polar surface area (TPSA) is 32.3 Å². The van der Waals surface area contributed by atoms with Crippen molar-refractivity contribution in [2.45, 2.75) is 54.0 Å². The van der Waals surface area contributed by atoms with Crippen molar-refractivity contribution in [1.82, 2.24) is 0 Å². The SMILES string of the molecule is Cc1cc2c(c(C)c1NC(=O)CC(C)(C)C)CCN2Cc1ccc2ccccc2c1. The lowest BCUT2D eigenvalue weighted by Gasteiger charge is -2.23. The minimum absolute atomic E-state index is 0.0146. The molecule has 0 spiro atoms. The molecule has 0 radical (unpaired) electrons. The van der Waals surface area contributed by atoms with Crippen LogP contribution < -0.4 is 10.2 Å². The molecule has 3 heteroatoms. The Hall–Kier alpha value is -2.81. The maximum Gasteiger partial charge on any atom is 0.224 e. The standard InChI is InChI=1S/C27H32N2O/c1-18-14-24-23(19(2)26(18)28-25(30)16-27(3,4)5)12-13-29(24)17-20-10-11-21-8-6-7-9-22(21)15-20/h6-11,14-15H,12-13,16-17H2,1-5H3,(H,28,30). The van der Waals surface area contributed by atoms with E-state index in [2.05, 4.69) is 93.4 Å². The van der Waals surface area contributed by atoms with Gasteiger partial charge < -0.3 is 10.2 Å². The van der Waals surface area contributed by atoms with E-state index in [0.717, 1.165) is 30.8 Å². The van der Waals surface area contributed by atoms with Crippen LogP contribution in [-0.4, -0.2) is 12.5 Å². The number of nitrogens with zero attached hydrogens (tertiary/aromatic N) is 1. The summed E-state index contributed by atoms with van der Waals surface area (Å²) < 4.78 is 0. The molecule has 1 N–H and O–H groups in total. The average Bonchev–Trinajstić information content (AvgIpc) is 3.06. The second-order valence-electron chi connectivity index (χ2n) is 9.83. The Labute approximate surface area is 180 Å². The van der Waals surface area contributed by atoms with Gasteiger partial charge in [0.25, 0.3) is 0 Å². The van der Waals surface area contributed by atoms with E-state index in [1.807, 2.05) is 0 Å². The Kier molecular flexibility index (Phi) is 5.31. The zero-order valence-corrected chi connectivity index (χ0v) is 18.8. The van der Waals surface area contributed by atoms with E-state index >= 15 is 0 Å². The zero-order valence-electron chi connectivity index (χ0n) is 18.8. The second-order valence-corrected chi connectivity index (χ2v) is 9.83. The molecule has 3 aromatic rings. The monoisotopic (exact) mass is 400 g/mol. The third-order valence-electron chi connectivity index (χ3n) is 6.00. The van der Waals surface area contributed by atoms with E-state index in [1.165, 1.54) is 33.2 Å². The largest absolute Gasteiger partial charge is 0.367 e. The highest BCUT2D eigenvalue weighted by molar-refractivity contribution is 5.93. The third-order valence-corrected chi connectivity index (χ3v) is 6.00. The summed E-state index contributed by atoms with van der Waals surface area (Å²) in [6, 6.07) is 17.5. The van der Waals surface area contributed by atoms with Crippen molar-refractivity contribution in [3.8, 4) is 0 Å². The van der Waals surface area contributed by atoms with E-state index in [1.54, 1.807) is 0 Å². The minimum Gasteiger partial charge on any atom is -0.367 e. The molecule has 0 saturated carbocycles. The number of amides is 1. The van der Waals surface area contributed by atoms with Crippen LogP contribution in [0.2, 0.25) is 0 Å². The molecule has 0 aromatic heterocycles. The molecule has 0 atom stereocenters. The van der Waals surface area contributed by atoms with Gasteiger partial charge in [0.05, 0.1) is 0 Å². The van der Waals surface area contributed by atoms with Crippen LogP contribution in [0, 0.1) is 19.3 Å². The molecule has 1 amide bonds. The lowest BCUT2D eigenvalue weighted by Crippen LogP contribution is -2.21. The molecular formula is C27H32N2O. The summed E-state index contributed by atoms with van der Waals surface area (Å²) in [5, 5.41) is 5.77. The fourth-order valence-corrected chi connectivity index (χ4v) is 4.55. The van der Waals surface area contributed by atoms with E-state index in [4.69, 9.17) is 0 Å². The van der Waals surface area contributed by atoms with Gasteiger partial charge in [-0.15, -0.1) is 0 Å². The summed E-state index contributed by atoms with van der Waals surface area (Å²) >= 11 is 0. The minimum atomic E-state index is -0.0146. The lowest BCUT2D eigenvalue weighted by molar-refractivity contribution is -0.117. The Balaban J connectivity index is 1.58. The number of aryl methyl sites for hydroxylation is 1. The maximum atomic E-state index is 12.5. The Morgan fingerprint density at radius 3 is 2.50 bits per heavy atom. The first-order valence-corrected chi connectivity index (χ1v) is 10.9. The molecular weight excluding hydrogens is 368 g/mol. The number of carbonyl (C=O) groups excluding carboxylic acids is 1. The van der Waals surface area contributed by atoms with Crippen molar-refractivity contribution in [3.63, 3.8) is 0 Å². The first kappa shape index (κ1) is 20.5. The highest BCUT2D eigenvalue weighted by Crippen LogP contribution is 2.38. The van der Waals surface area contributed by atoms with Crippen LogP contribution in [0.4, 0.5) is 11.4 Å². The summed E-state index contributed by atoms with van der Waals surface area (Å²) in [6.45, 7) is 12.5. The van der Waals surface area contributed by atoms with Gasteiger partial charge in [0.15, 0.2) is 0 Å². The lowest BCUT2D eigenvalue weighted by atomic mass is 9.91. The fourth-order valence-electron chi connectivity index (χ4n) is 4.55. The van der Waals surface area contributed by atoms with Crippen LogP contribution in [0.3, 0.4) is 0 Å². The van der Waals surface area contributed by atoms with E-state index in [-0.39, 0.29) is 11.3 Å². The molecule has 1 aliphatic heterocycles. The number of benzene rings is 3. The van der Waals surface area contributed by atoms with Crippen molar-refractivity contribution < 1.29 is 4.79 Å². The van der Waals surface area contributed by atoms with Crippen LogP contribution in [0.15, 0.2) is 48.5 Å². The molecule has 0 fully saturated rings. The number of rotatable bonds is 4. The Morgan fingerprint density at radius 1 is 1.03 bits per heavy atom. The smallest absolute Gasteiger partial charge is 0.224 e. The van der Waals surface area contributed by atoms with Gasteiger partial charge in [0.2, 0.25) is 5.91 Å². The fraction of sp³-hybridized carbons (Fsp3) is 0.370. The van der Waals surface area contributed by atoms with Crippen molar-refractivity contribution in [1.29, 1.82) is 0 Å². The number of carbonyl (C=O) groups is 1. The molecule has 3 nitrogen and oxygen atoms in total. The van der Waals surface area contributed by atoms with Gasteiger partial charge in [0, 0.05) is 30.9 Å². The van der Waals surface area contributed by atoms with Gasteiger partial charge in [-0.2, -0.15) is 0 Å². The first-order valence-electron chi connectivity index (χ1n) is 10.9. The van der Waals surface area contributed by atoms with Crippen molar-refractivity contribution in [2.75, 3.05) is 16.8 Å². The predicted molar refractivity (Wildman–Crippen MR) is 127 cm³/mol. The summed E-state index contributed by atoms with van der Waals surface area (Å²) in [5.74, 6) is 0.0969. The number of anilines is 2. The molecule has 156 valence electrons. The second kappa shape index (κ2) is 7.79. The van der Waals surface area contributed by atoms with Crippen molar-refractivity contribution >= 4 is 28.1 Å². The molecule has 0 bridgehead atoms. The molecule has 3 aromatic carbocycles. The number of hydrogen-bond acceptors (Lipinski definition) is 2. The third kappa shape index (κ3) is 4.21. The molecule has 4 rings (SSSR count). The predicted octanol–water partition coefficient (Wildman–Crippen LogP) is 6.39. The average molecular weight is 401 g/mol. The first-order chi connectivity index (χ1) is 14.2. The van der Waals surface area contributed by atoms with Gasteiger partial charge in [-0.05, 0) is 70.8 Å². The van der Waals surface area contributed by atoms with Gasteiger partial charge in [-0.1, -0.05) is 57.2 Å². The molecule has 0 saturated heterocycles. The van der Waals surface area contributed by atoms with Crippen LogP contribution in [0.1, 0.15) is 49.4 Å². The van der Waals surface area contributed by atoms with Gasteiger partial charge in [-0.3, -0.25) is 4.79 Å². The van der Waals surface area contributed by atoms with Crippen LogP contribution in [0.25, 0.3) is 10.8 Å². The normalized spacial score (nSPS) is 13.6. The summed E-state index contributed by atoms with van der Waals surface area (Å²) in [6.07, 6.45) is 1.55. The molecule has 1 heterocycles. The van der Waals surface area contributed by atoms with Crippen LogP contribution in [-0.2, 0) is 17.8 Å². The number of fused-ring (bicyclic) bond motifs is 2. The molecule has 30 heavy (non-hydrogen) atoms. The van der Waals surface area contributed by atoms with Gasteiger partial charge >= 0.3 is 0 Å². The number of nitrogens with one attached hydrogen (secondary N) is 1. The van der Waals surface area contributed by atoms with Crippen LogP contribution in [0.5, 0.6) is 0 Å². The highest BCUT2D eigenvalue weighted by Gasteiger charge is 2.25. The zero-order chi connectivity index (χ0) is 21.5. The van der Waals surface area contributed by atoms with E-state index in [0.29, 0.717) is 6.42 Å². The Morgan fingerprint density at radius 2 is 1.77 bits per heavy atom. The van der Waals surface area contributed by atoms with Crippen LogP contribution >= 0.6 is 0 Å². The van der Waals surface area contributed by atoms with Crippen molar-refractivity contribution in [2.24, 2.45) is 5.41 Å². The Bertz CT molecular complexity index is 1110.